The van der Waals surface area contributed by atoms with Gasteiger partial charge in [0.1, 0.15) is 5.69 Å². The summed E-state index contributed by atoms with van der Waals surface area (Å²) in [5.41, 5.74) is 5.79. The molecule has 1 aliphatic carbocycles. The van der Waals surface area contributed by atoms with Crippen molar-refractivity contribution in [1.29, 1.82) is 0 Å². The molecule has 0 aliphatic heterocycles. The van der Waals surface area contributed by atoms with E-state index in [2.05, 4.69) is 17.1 Å². The van der Waals surface area contributed by atoms with E-state index in [0.717, 1.165) is 30.2 Å². The number of allylic oxidation sites excluding steroid dienone is 3. The predicted octanol–water partition coefficient (Wildman–Crippen LogP) is 1.19. The van der Waals surface area contributed by atoms with Crippen LogP contribution < -0.4 is 15.9 Å². The standard InChI is InChI=1S/C16H22N4O4/c1-10(2)13-6-4-11(3)8-15(13)18-17-14-7-5-12(19(21)22)9-16(14)20(23)24/h5,7-9,13,17,19-21,23H,1,4,6H2,2-3H3. The molecular weight excluding hydrogens is 312 g/mol. The van der Waals surface area contributed by atoms with E-state index in [-0.39, 0.29) is 23.0 Å². The number of rotatable bonds is 5. The summed E-state index contributed by atoms with van der Waals surface area (Å²) in [5.74, 6) is 0.118. The lowest BCUT2D eigenvalue weighted by Gasteiger charge is -2.23. The molecule has 0 radical (unpaired) electrons. The van der Waals surface area contributed by atoms with Gasteiger partial charge in [-0.3, -0.25) is 5.43 Å². The van der Waals surface area contributed by atoms with Crippen molar-refractivity contribution in [3.05, 3.63) is 52.4 Å². The summed E-state index contributed by atoms with van der Waals surface area (Å²) < 4.78 is 0. The van der Waals surface area contributed by atoms with Crippen molar-refractivity contribution in [1.82, 2.24) is 0 Å². The SMILES string of the molecule is C=C(C)C1CCC(C)=CC1=NNc1ccc([NH+]([O-])O)cc1[NH+]([O-])O. The normalized spacial score (nSPS) is 22.0. The molecule has 0 aromatic heterocycles. The largest absolute Gasteiger partial charge is 0.595 e. The zero-order valence-corrected chi connectivity index (χ0v) is 13.7. The third-order valence-corrected chi connectivity index (χ3v) is 3.98. The third kappa shape index (κ3) is 4.26. The zero-order valence-electron chi connectivity index (χ0n) is 13.7. The molecule has 0 fully saturated rings. The van der Waals surface area contributed by atoms with E-state index in [0.29, 0.717) is 0 Å². The summed E-state index contributed by atoms with van der Waals surface area (Å²) in [4.78, 5) is 0. The van der Waals surface area contributed by atoms with Crippen LogP contribution in [0.5, 0.6) is 0 Å². The lowest BCUT2D eigenvalue weighted by Crippen LogP contribution is -3.00. The van der Waals surface area contributed by atoms with Gasteiger partial charge in [-0.15, -0.1) is 0 Å². The van der Waals surface area contributed by atoms with Gasteiger partial charge < -0.3 is 10.4 Å². The first-order valence-electron chi connectivity index (χ1n) is 7.56. The van der Waals surface area contributed by atoms with E-state index in [9.17, 15) is 15.6 Å². The molecule has 0 spiro atoms. The van der Waals surface area contributed by atoms with Crippen LogP contribution in [0.4, 0.5) is 17.1 Å². The Morgan fingerprint density at radius 3 is 2.62 bits per heavy atom. The molecule has 3 atom stereocenters. The van der Waals surface area contributed by atoms with Crippen LogP contribution in [0.25, 0.3) is 0 Å². The maximum absolute atomic E-state index is 11.4. The topological polar surface area (TPSA) is 120 Å². The van der Waals surface area contributed by atoms with Crippen molar-refractivity contribution in [2.75, 3.05) is 5.43 Å². The number of nitrogens with zero attached hydrogens (tertiary/aromatic N) is 1. The number of quaternary nitrogens is 2. The molecule has 5 N–H and O–H groups in total. The number of hydrazone groups is 1. The summed E-state index contributed by atoms with van der Waals surface area (Å²) >= 11 is 0. The van der Waals surface area contributed by atoms with Gasteiger partial charge in [-0.25, -0.2) is 10.4 Å². The highest BCUT2D eigenvalue weighted by Gasteiger charge is 2.20. The Bertz CT molecular complexity index is 683. The van der Waals surface area contributed by atoms with Crippen molar-refractivity contribution >= 4 is 22.8 Å². The van der Waals surface area contributed by atoms with E-state index in [4.69, 9.17) is 5.21 Å². The Balaban J connectivity index is 2.32. The van der Waals surface area contributed by atoms with Crippen LogP contribution in [0.3, 0.4) is 0 Å². The first-order valence-corrected chi connectivity index (χ1v) is 7.56. The number of nitrogens with one attached hydrogen (secondary N) is 3. The molecule has 0 saturated heterocycles. The Morgan fingerprint density at radius 1 is 1.33 bits per heavy atom. The smallest absolute Gasteiger partial charge is 0.195 e. The van der Waals surface area contributed by atoms with Gasteiger partial charge in [0.15, 0.2) is 11.4 Å². The van der Waals surface area contributed by atoms with Gasteiger partial charge in [0.25, 0.3) is 0 Å². The van der Waals surface area contributed by atoms with E-state index >= 15 is 0 Å². The fraction of sp³-hybridized carbons (Fsp3) is 0.312. The average molecular weight is 334 g/mol. The maximum Gasteiger partial charge on any atom is 0.195 e. The molecule has 0 heterocycles. The number of hydrogen-bond donors (Lipinski definition) is 5. The molecule has 1 aliphatic rings. The second kappa shape index (κ2) is 7.67. The second-order valence-corrected chi connectivity index (χ2v) is 5.95. The second-order valence-electron chi connectivity index (χ2n) is 5.95. The van der Waals surface area contributed by atoms with Gasteiger partial charge in [0.2, 0.25) is 0 Å². The van der Waals surface area contributed by atoms with E-state index < -0.39 is 10.5 Å². The van der Waals surface area contributed by atoms with Crippen LogP contribution in [-0.2, 0) is 0 Å². The Kier molecular flexibility index (Phi) is 5.84. The van der Waals surface area contributed by atoms with Gasteiger partial charge in [-0.2, -0.15) is 15.6 Å². The minimum atomic E-state index is -1.22. The predicted molar refractivity (Wildman–Crippen MR) is 90.3 cm³/mol. The summed E-state index contributed by atoms with van der Waals surface area (Å²) in [6.07, 6.45) is 3.87. The van der Waals surface area contributed by atoms with Gasteiger partial charge in [-0.05, 0) is 38.8 Å². The minimum absolute atomic E-state index is 0.0844. The highest BCUT2D eigenvalue weighted by molar-refractivity contribution is 6.00. The first-order chi connectivity index (χ1) is 11.3. The molecule has 0 bridgehead atoms. The monoisotopic (exact) mass is 334 g/mol. The van der Waals surface area contributed by atoms with E-state index in [1.54, 1.807) is 0 Å². The lowest BCUT2D eigenvalue weighted by atomic mass is 9.84. The van der Waals surface area contributed by atoms with Crippen LogP contribution in [-0.4, -0.2) is 16.1 Å². The molecule has 2 rings (SSSR count). The fourth-order valence-electron chi connectivity index (χ4n) is 2.63. The van der Waals surface area contributed by atoms with Crippen molar-refractivity contribution in [3.63, 3.8) is 0 Å². The first kappa shape index (κ1) is 18.3. The highest BCUT2D eigenvalue weighted by atomic mass is 16.8. The highest BCUT2D eigenvalue weighted by Crippen LogP contribution is 2.27. The summed E-state index contributed by atoms with van der Waals surface area (Å²) in [7, 11) is 0. The molecule has 3 unspecified atom stereocenters. The third-order valence-electron chi connectivity index (χ3n) is 3.98. The van der Waals surface area contributed by atoms with E-state index in [1.807, 2.05) is 19.9 Å². The quantitative estimate of drug-likeness (QED) is 0.409. The van der Waals surface area contributed by atoms with Gasteiger partial charge in [0.05, 0.1) is 11.8 Å². The molecule has 24 heavy (non-hydrogen) atoms. The fourth-order valence-corrected chi connectivity index (χ4v) is 2.63. The average Bonchev–Trinajstić information content (AvgIpc) is 2.52. The maximum atomic E-state index is 11.4. The summed E-state index contributed by atoms with van der Waals surface area (Å²) in [5, 5.41) is 42.6. The number of hydrogen-bond acceptors (Lipinski definition) is 6. The van der Waals surface area contributed by atoms with Crippen molar-refractivity contribution < 1.29 is 20.9 Å². The molecule has 8 heteroatoms. The Labute approximate surface area is 140 Å². The zero-order chi connectivity index (χ0) is 17.9. The lowest BCUT2D eigenvalue weighted by molar-refractivity contribution is -0.996. The van der Waals surface area contributed by atoms with Gasteiger partial charge >= 0.3 is 0 Å². The van der Waals surface area contributed by atoms with Gasteiger partial charge in [0, 0.05) is 12.0 Å². The van der Waals surface area contributed by atoms with Crippen LogP contribution in [0.15, 0.2) is 47.1 Å². The van der Waals surface area contributed by atoms with E-state index in [1.165, 1.54) is 17.7 Å². The molecule has 0 amide bonds. The number of benzene rings is 1. The Morgan fingerprint density at radius 2 is 2.04 bits per heavy atom. The van der Waals surface area contributed by atoms with Crippen molar-refractivity contribution in [2.24, 2.45) is 11.0 Å². The summed E-state index contributed by atoms with van der Waals surface area (Å²) in [6, 6.07) is 3.87. The van der Waals surface area contributed by atoms with Crippen LogP contribution in [0, 0.1) is 16.3 Å². The van der Waals surface area contributed by atoms with Crippen molar-refractivity contribution in [2.45, 2.75) is 26.7 Å². The molecule has 8 nitrogen and oxygen atoms in total. The minimum Gasteiger partial charge on any atom is -0.595 e. The number of anilines is 1. The molecule has 1 aromatic carbocycles. The molecule has 130 valence electrons. The van der Waals surface area contributed by atoms with Crippen molar-refractivity contribution in [3.8, 4) is 0 Å². The molecule has 1 aromatic rings. The van der Waals surface area contributed by atoms with Gasteiger partial charge in [-0.1, -0.05) is 17.7 Å². The van der Waals surface area contributed by atoms with Crippen LogP contribution in [0.2, 0.25) is 0 Å². The van der Waals surface area contributed by atoms with Crippen LogP contribution in [0.1, 0.15) is 26.7 Å². The summed E-state index contributed by atoms with van der Waals surface area (Å²) in [6.45, 7) is 7.95. The molecule has 0 saturated carbocycles. The van der Waals surface area contributed by atoms with Crippen LogP contribution >= 0.6 is 0 Å². The molecular formula is C16H22N4O4. The Hall–Kier alpha value is -2.07.